The fourth-order valence-corrected chi connectivity index (χ4v) is 3.37. The van der Waals surface area contributed by atoms with E-state index in [9.17, 15) is 0 Å². The molecule has 2 heteroatoms. The van der Waals surface area contributed by atoms with Gasteiger partial charge >= 0.3 is 0 Å². The Bertz CT molecular complexity index is 575. The van der Waals surface area contributed by atoms with Crippen molar-refractivity contribution >= 4 is 26.7 Å². The fraction of sp³-hybridized carbons (Fsp3) is 0.474. The Morgan fingerprint density at radius 2 is 1.62 bits per heavy atom. The number of rotatable bonds is 7. The molecule has 0 amide bonds. The fourth-order valence-electron chi connectivity index (χ4n) is 2.99. The topological polar surface area (TPSA) is 12.0 Å². The van der Waals surface area contributed by atoms with Gasteiger partial charge in [-0.05, 0) is 53.4 Å². The molecule has 1 N–H and O–H groups in total. The minimum Gasteiger partial charge on any atom is -0.310 e. The van der Waals surface area contributed by atoms with Crippen molar-refractivity contribution in [1.82, 2.24) is 5.32 Å². The largest absolute Gasteiger partial charge is 0.310 e. The van der Waals surface area contributed by atoms with E-state index in [-0.39, 0.29) is 0 Å². The molecular formula is C19H26BrN. The van der Waals surface area contributed by atoms with Gasteiger partial charge in [0, 0.05) is 10.5 Å². The van der Waals surface area contributed by atoms with Gasteiger partial charge < -0.3 is 5.32 Å². The molecule has 1 nitrogen and oxygen atoms in total. The highest BCUT2D eigenvalue weighted by molar-refractivity contribution is 9.10. The van der Waals surface area contributed by atoms with E-state index in [1.807, 2.05) is 0 Å². The van der Waals surface area contributed by atoms with Crippen LogP contribution >= 0.6 is 15.9 Å². The molecular weight excluding hydrogens is 322 g/mol. The molecule has 0 heterocycles. The number of nitrogens with one attached hydrogen (secondary N) is 1. The second kappa shape index (κ2) is 7.95. The van der Waals surface area contributed by atoms with E-state index >= 15 is 0 Å². The summed E-state index contributed by atoms with van der Waals surface area (Å²) in [4.78, 5) is 0. The standard InChI is InChI=1S/C19H26BrN/c1-4-14(5-2)11-19(21-6-3)17-8-7-16-13-18(20)10-9-15(16)12-17/h7-10,12-14,19,21H,4-6,11H2,1-3H3. The van der Waals surface area contributed by atoms with Crippen LogP contribution in [0.25, 0.3) is 10.8 Å². The van der Waals surface area contributed by atoms with Gasteiger partial charge in [-0.3, -0.25) is 0 Å². The first-order chi connectivity index (χ1) is 10.2. The van der Waals surface area contributed by atoms with E-state index in [0.717, 1.165) is 16.9 Å². The van der Waals surface area contributed by atoms with Gasteiger partial charge in [-0.15, -0.1) is 0 Å². The van der Waals surface area contributed by atoms with E-state index in [4.69, 9.17) is 0 Å². The third kappa shape index (κ3) is 4.31. The normalized spacial score (nSPS) is 13.0. The molecule has 0 saturated carbocycles. The zero-order valence-electron chi connectivity index (χ0n) is 13.3. The van der Waals surface area contributed by atoms with E-state index in [2.05, 4.69) is 78.4 Å². The molecule has 2 rings (SSSR count). The summed E-state index contributed by atoms with van der Waals surface area (Å²) in [5.41, 5.74) is 1.42. The van der Waals surface area contributed by atoms with Gasteiger partial charge in [0.25, 0.3) is 0 Å². The lowest BCUT2D eigenvalue weighted by Crippen LogP contribution is -2.23. The van der Waals surface area contributed by atoms with E-state index in [1.165, 1.54) is 35.6 Å². The van der Waals surface area contributed by atoms with E-state index < -0.39 is 0 Å². The Morgan fingerprint density at radius 3 is 2.29 bits per heavy atom. The van der Waals surface area contributed by atoms with Gasteiger partial charge in [-0.25, -0.2) is 0 Å². The highest BCUT2D eigenvalue weighted by Gasteiger charge is 2.15. The molecule has 1 atom stereocenters. The van der Waals surface area contributed by atoms with Crippen molar-refractivity contribution in [3.8, 4) is 0 Å². The Kier molecular flexibility index (Phi) is 6.25. The van der Waals surface area contributed by atoms with Crippen LogP contribution in [0.3, 0.4) is 0 Å². The van der Waals surface area contributed by atoms with Gasteiger partial charge in [-0.1, -0.05) is 67.7 Å². The van der Waals surface area contributed by atoms with Gasteiger partial charge in [0.05, 0.1) is 0 Å². The van der Waals surface area contributed by atoms with Crippen molar-refractivity contribution in [3.05, 3.63) is 46.4 Å². The van der Waals surface area contributed by atoms with Crippen molar-refractivity contribution in [2.75, 3.05) is 6.54 Å². The van der Waals surface area contributed by atoms with Crippen LogP contribution in [0.4, 0.5) is 0 Å². The Hall–Kier alpha value is -0.860. The molecule has 0 saturated heterocycles. The summed E-state index contributed by atoms with van der Waals surface area (Å²) in [7, 11) is 0. The average molecular weight is 348 g/mol. The molecule has 0 spiro atoms. The van der Waals surface area contributed by atoms with Crippen LogP contribution in [0.5, 0.6) is 0 Å². The van der Waals surface area contributed by atoms with Gasteiger partial charge in [0.2, 0.25) is 0 Å². The third-order valence-electron chi connectivity index (χ3n) is 4.40. The molecule has 0 aliphatic heterocycles. The summed E-state index contributed by atoms with van der Waals surface area (Å²) < 4.78 is 1.14. The van der Waals surface area contributed by atoms with Gasteiger partial charge in [-0.2, -0.15) is 0 Å². The SMILES string of the molecule is CCNC(CC(CC)CC)c1ccc2cc(Br)ccc2c1. The van der Waals surface area contributed by atoms with Gasteiger partial charge in [0.15, 0.2) is 0 Å². The highest BCUT2D eigenvalue weighted by atomic mass is 79.9. The molecule has 21 heavy (non-hydrogen) atoms. The lowest BCUT2D eigenvalue weighted by Gasteiger charge is -2.23. The summed E-state index contributed by atoms with van der Waals surface area (Å²) in [6.07, 6.45) is 3.75. The van der Waals surface area contributed by atoms with E-state index in [0.29, 0.717) is 6.04 Å². The second-order valence-electron chi connectivity index (χ2n) is 5.78. The summed E-state index contributed by atoms with van der Waals surface area (Å²) in [5, 5.41) is 6.28. The van der Waals surface area contributed by atoms with Crippen molar-refractivity contribution in [1.29, 1.82) is 0 Å². The first-order valence-corrected chi connectivity index (χ1v) is 8.89. The maximum atomic E-state index is 3.66. The first kappa shape index (κ1) is 16.5. The van der Waals surface area contributed by atoms with E-state index in [1.54, 1.807) is 0 Å². The molecule has 2 aromatic rings. The molecule has 2 aromatic carbocycles. The number of benzene rings is 2. The number of hydrogen-bond donors (Lipinski definition) is 1. The maximum Gasteiger partial charge on any atom is 0.0322 e. The minimum atomic E-state index is 0.466. The monoisotopic (exact) mass is 347 g/mol. The average Bonchev–Trinajstić information content (AvgIpc) is 2.51. The van der Waals surface area contributed by atoms with Crippen molar-refractivity contribution < 1.29 is 0 Å². The van der Waals surface area contributed by atoms with Crippen molar-refractivity contribution in [2.24, 2.45) is 5.92 Å². The predicted molar refractivity (Wildman–Crippen MR) is 96.8 cm³/mol. The zero-order valence-corrected chi connectivity index (χ0v) is 14.9. The number of hydrogen-bond acceptors (Lipinski definition) is 1. The molecule has 0 bridgehead atoms. The minimum absolute atomic E-state index is 0.466. The van der Waals surface area contributed by atoms with Crippen LogP contribution in [0.15, 0.2) is 40.9 Å². The lowest BCUT2D eigenvalue weighted by atomic mass is 9.90. The Morgan fingerprint density at radius 1 is 0.952 bits per heavy atom. The molecule has 0 fully saturated rings. The molecule has 0 aliphatic rings. The molecule has 0 aromatic heterocycles. The number of halogens is 1. The smallest absolute Gasteiger partial charge is 0.0322 e. The summed E-state index contributed by atoms with van der Waals surface area (Å²) in [5.74, 6) is 0.801. The summed E-state index contributed by atoms with van der Waals surface area (Å²) >= 11 is 3.54. The van der Waals surface area contributed by atoms with Crippen molar-refractivity contribution in [2.45, 2.75) is 46.1 Å². The number of fused-ring (bicyclic) bond motifs is 1. The maximum absolute atomic E-state index is 3.66. The molecule has 0 aliphatic carbocycles. The van der Waals surface area contributed by atoms with Crippen LogP contribution < -0.4 is 5.32 Å². The lowest BCUT2D eigenvalue weighted by molar-refractivity contribution is 0.376. The Balaban J connectivity index is 2.28. The van der Waals surface area contributed by atoms with Crippen molar-refractivity contribution in [3.63, 3.8) is 0 Å². The van der Waals surface area contributed by atoms with Crippen LogP contribution in [-0.2, 0) is 0 Å². The highest BCUT2D eigenvalue weighted by Crippen LogP contribution is 2.28. The van der Waals surface area contributed by atoms with Crippen LogP contribution in [0, 0.1) is 5.92 Å². The molecule has 1 unspecified atom stereocenters. The second-order valence-corrected chi connectivity index (χ2v) is 6.70. The summed E-state index contributed by atoms with van der Waals surface area (Å²) in [6.45, 7) is 7.81. The predicted octanol–water partition coefficient (Wildman–Crippen LogP) is 6.08. The molecule has 0 radical (unpaired) electrons. The Labute approximate surface area is 137 Å². The van der Waals surface area contributed by atoms with Gasteiger partial charge in [0.1, 0.15) is 0 Å². The van der Waals surface area contributed by atoms with Crippen LogP contribution in [-0.4, -0.2) is 6.54 Å². The van der Waals surface area contributed by atoms with Crippen LogP contribution in [0.2, 0.25) is 0 Å². The quantitative estimate of drug-likeness (QED) is 0.639. The summed E-state index contributed by atoms with van der Waals surface area (Å²) in [6, 6.07) is 13.8. The zero-order chi connectivity index (χ0) is 15.2. The third-order valence-corrected chi connectivity index (χ3v) is 4.90. The first-order valence-electron chi connectivity index (χ1n) is 8.10. The van der Waals surface area contributed by atoms with Crippen LogP contribution in [0.1, 0.15) is 51.6 Å². The molecule has 114 valence electrons.